The minimum absolute atomic E-state index is 0.370. The van der Waals surface area contributed by atoms with Crippen molar-refractivity contribution in [2.75, 3.05) is 0 Å². The molecule has 146 valence electrons. The molecular weight excluding hydrogens is 312 g/mol. The van der Waals surface area contributed by atoms with E-state index in [9.17, 15) is 9.90 Å². The summed E-state index contributed by atoms with van der Waals surface area (Å²) in [5, 5.41) is 10.4. The van der Waals surface area contributed by atoms with Gasteiger partial charge in [-0.15, -0.1) is 0 Å². The molecule has 0 fully saturated rings. The molecule has 0 aromatic rings. The quantitative estimate of drug-likeness (QED) is 0.272. The van der Waals surface area contributed by atoms with Crippen LogP contribution in [0.25, 0.3) is 0 Å². The van der Waals surface area contributed by atoms with Crippen molar-refractivity contribution < 1.29 is 14.6 Å². The fraction of sp³-hybridized carbons (Fsp3) is 0.864. The lowest BCUT2D eigenvalue weighted by Crippen LogP contribution is -2.30. The highest BCUT2D eigenvalue weighted by atomic mass is 16.7. The van der Waals surface area contributed by atoms with Crippen molar-refractivity contribution in [1.29, 1.82) is 0 Å². The van der Waals surface area contributed by atoms with Gasteiger partial charge in [-0.2, -0.15) is 0 Å². The number of ether oxygens (including phenoxy) is 1. The zero-order chi connectivity index (χ0) is 18.5. The van der Waals surface area contributed by atoms with Crippen molar-refractivity contribution in [1.82, 2.24) is 0 Å². The third-order valence-electron chi connectivity index (χ3n) is 5.59. The Bertz CT molecular complexity index is 413. The summed E-state index contributed by atoms with van der Waals surface area (Å²) >= 11 is 0. The summed E-state index contributed by atoms with van der Waals surface area (Å²) in [5.41, 5.74) is 1.25. The van der Waals surface area contributed by atoms with Crippen LogP contribution in [0.15, 0.2) is 11.1 Å². The van der Waals surface area contributed by atoms with E-state index in [1.54, 1.807) is 13.8 Å². The molecule has 0 spiro atoms. The number of carbonyl (C=O) groups excluding carboxylic acids is 1. The molecule has 0 aromatic heterocycles. The maximum atomic E-state index is 11.5. The van der Waals surface area contributed by atoms with E-state index in [0.717, 1.165) is 12.8 Å². The second-order valence-corrected chi connectivity index (χ2v) is 7.77. The van der Waals surface area contributed by atoms with Gasteiger partial charge in [-0.1, -0.05) is 90.4 Å². The summed E-state index contributed by atoms with van der Waals surface area (Å²) in [7, 11) is 0. The second kappa shape index (κ2) is 12.5. The lowest BCUT2D eigenvalue weighted by atomic mass is 9.98. The number of hydrogen-bond donors (Lipinski definition) is 1. The predicted molar refractivity (Wildman–Crippen MR) is 104 cm³/mol. The van der Waals surface area contributed by atoms with E-state index in [0.29, 0.717) is 17.6 Å². The average Bonchev–Trinajstić information content (AvgIpc) is 2.78. The summed E-state index contributed by atoms with van der Waals surface area (Å²) in [6, 6.07) is 0. The van der Waals surface area contributed by atoms with Crippen LogP contribution in [0.4, 0.5) is 0 Å². The number of aliphatic hydroxyl groups is 1. The van der Waals surface area contributed by atoms with E-state index in [-0.39, 0.29) is 5.97 Å². The average molecular weight is 353 g/mol. The van der Waals surface area contributed by atoms with Crippen LogP contribution in [0.3, 0.4) is 0 Å². The van der Waals surface area contributed by atoms with Crippen LogP contribution < -0.4 is 0 Å². The summed E-state index contributed by atoms with van der Waals surface area (Å²) in [4.78, 5) is 11.5. The van der Waals surface area contributed by atoms with Crippen molar-refractivity contribution >= 4 is 5.97 Å². The number of carbonyl (C=O) groups is 1. The second-order valence-electron chi connectivity index (χ2n) is 7.77. The van der Waals surface area contributed by atoms with Gasteiger partial charge >= 0.3 is 5.97 Å². The number of hydrogen-bond acceptors (Lipinski definition) is 3. The van der Waals surface area contributed by atoms with Gasteiger partial charge in [0.1, 0.15) is 0 Å². The van der Waals surface area contributed by atoms with E-state index in [1.165, 1.54) is 77.0 Å². The van der Waals surface area contributed by atoms with Crippen LogP contribution in [0, 0.1) is 0 Å². The van der Waals surface area contributed by atoms with Gasteiger partial charge in [0.25, 0.3) is 0 Å². The van der Waals surface area contributed by atoms with Crippen LogP contribution in [-0.4, -0.2) is 16.9 Å². The summed E-state index contributed by atoms with van der Waals surface area (Å²) in [5.74, 6) is -1.71. The van der Waals surface area contributed by atoms with Crippen molar-refractivity contribution in [2.24, 2.45) is 0 Å². The summed E-state index contributed by atoms with van der Waals surface area (Å²) < 4.78 is 5.13. The molecule has 1 unspecified atom stereocenters. The lowest BCUT2D eigenvalue weighted by molar-refractivity contribution is -0.183. The largest absolute Gasteiger partial charge is 0.426 e. The minimum atomic E-state index is -1.34. The normalized spacial score (nSPS) is 20.4. The summed E-state index contributed by atoms with van der Waals surface area (Å²) in [6.45, 7) is 5.79. The SMILES string of the molecule is CCCCCCCCCCCCCCCCC1(O)OC(=O)C(C)=C1C. The molecule has 0 saturated heterocycles. The molecule has 0 aromatic carbocycles. The molecule has 1 aliphatic rings. The van der Waals surface area contributed by atoms with Gasteiger partial charge < -0.3 is 9.84 Å². The van der Waals surface area contributed by atoms with Crippen LogP contribution in [0.2, 0.25) is 0 Å². The molecule has 1 aliphatic heterocycles. The van der Waals surface area contributed by atoms with Gasteiger partial charge in [0.15, 0.2) is 0 Å². The molecule has 0 radical (unpaired) electrons. The van der Waals surface area contributed by atoms with Crippen LogP contribution in [0.1, 0.15) is 117 Å². The van der Waals surface area contributed by atoms with Gasteiger partial charge in [0, 0.05) is 17.6 Å². The van der Waals surface area contributed by atoms with Gasteiger partial charge in [-0.05, 0) is 20.3 Å². The summed E-state index contributed by atoms with van der Waals surface area (Å²) in [6.07, 6.45) is 18.9. The van der Waals surface area contributed by atoms with Gasteiger partial charge in [0.2, 0.25) is 5.79 Å². The first kappa shape index (κ1) is 22.2. The third-order valence-corrected chi connectivity index (χ3v) is 5.59. The van der Waals surface area contributed by atoms with E-state index >= 15 is 0 Å². The molecule has 1 atom stereocenters. The Morgan fingerprint density at radius 2 is 1.16 bits per heavy atom. The highest BCUT2D eigenvalue weighted by molar-refractivity contribution is 5.91. The molecule has 3 heteroatoms. The topological polar surface area (TPSA) is 46.5 Å². The van der Waals surface area contributed by atoms with E-state index in [4.69, 9.17) is 4.74 Å². The first-order chi connectivity index (χ1) is 12.0. The monoisotopic (exact) mass is 352 g/mol. The number of unbranched alkanes of at least 4 members (excludes halogenated alkanes) is 13. The maximum Gasteiger partial charge on any atom is 0.336 e. The van der Waals surface area contributed by atoms with E-state index < -0.39 is 5.79 Å². The number of esters is 1. The minimum Gasteiger partial charge on any atom is -0.426 e. The van der Waals surface area contributed by atoms with E-state index in [1.807, 2.05) is 0 Å². The predicted octanol–water partition coefficient (Wildman–Crippen LogP) is 6.44. The molecule has 0 amide bonds. The van der Waals surface area contributed by atoms with Crippen molar-refractivity contribution in [2.45, 2.75) is 123 Å². The van der Waals surface area contributed by atoms with Crippen LogP contribution in [-0.2, 0) is 9.53 Å². The fourth-order valence-electron chi connectivity index (χ4n) is 3.55. The van der Waals surface area contributed by atoms with Crippen LogP contribution >= 0.6 is 0 Å². The molecule has 1 rings (SSSR count). The third kappa shape index (κ3) is 8.40. The lowest BCUT2D eigenvalue weighted by Gasteiger charge is -2.23. The van der Waals surface area contributed by atoms with Crippen LogP contribution in [0.5, 0.6) is 0 Å². The Kier molecular flexibility index (Phi) is 11.1. The molecular formula is C22H40O3. The van der Waals surface area contributed by atoms with Crippen molar-refractivity contribution in [3.05, 3.63) is 11.1 Å². The number of cyclic esters (lactones) is 1. The Labute approximate surface area is 155 Å². The zero-order valence-electron chi connectivity index (χ0n) is 16.9. The maximum absolute atomic E-state index is 11.5. The van der Waals surface area contributed by atoms with Gasteiger partial charge in [-0.3, -0.25) is 0 Å². The molecule has 1 N–H and O–H groups in total. The highest BCUT2D eigenvalue weighted by Gasteiger charge is 2.41. The molecule has 0 saturated carbocycles. The van der Waals surface area contributed by atoms with Crippen molar-refractivity contribution in [3.8, 4) is 0 Å². The molecule has 25 heavy (non-hydrogen) atoms. The van der Waals surface area contributed by atoms with Crippen molar-refractivity contribution in [3.63, 3.8) is 0 Å². The van der Waals surface area contributed by atoms with Gasteiger partial charge in [-0.25, -0.2) is 4.79 Å². The Balaban J connectivity index is 1.89. The fourth-order valence-corrected chi connectivity index (χ4v) is 3.55. The first-order valence-corrected chi connectivity index (χ1v) is 10.6. The smallest absolute Gasteiger partial charge is 0.336 e. The first-order valence-electron chi connectivity index (χ1n) is 10.6. The standard InChI is InChI=1S/C22H40O3/c1-4-5-6-7-8-9-10-11-12-13-14-15-16-17-18-22(24)20(3)19(2)21(23)25-22/h24H,4-18H2,1-3H3. The Morgan fingerprint density at radius 3 is 1.52 bits per heavy atom. The highest BCUT2D eigenvalue weighted by Crippen LogP contribution is 2.34. The Morgan fingerprint density at radius 1 is 0.760 bits per heavy atom. The molecule has 1 heterocycles. The molecule has 0 aliphatic carbocycles. The van der Waals surface area contributed by atoms with E-state index in [2.05, 4.69) is 6.92 Å². The van der Waals surface area contributed by atoms with Gasteiger partial charge in [0.05, 0.1) is 0 Å². The molecule has 3 nitrogen and oxygen atoms in total. The number of rotatable bonds is 15. The molecule has 0 bridgehead atoms. The Hall–Kier alpha value is -0.830. The zero-order valence-corrected chi connectivity index (χ0v) is 16.9.